The third-order valence-electron chi connectivity index (χ3n) is 3.24. The Hall–Kier alpha value is -1.88. The first-order valence-electron chi connectivity index (χ1n) is 6.53. The molecule has 0 aliphatic carbocycles. The molecule has 0 radical (unpaired) electrons. The van der Waals surface area contributed by atoms with E-state index in [1.54, 1.807) is 7.05 Å². The Morgan fingerprint density at radius 3 is 2.63 bits per heavy atom. The maximum Gasteiger partial charge on any atom is 0.241 e. The zero-order valence-electron chi connectivity index (χ0n) is 11.0. The van der Waals surface area contributed by atoms with Crippen LogP contribution >= 0.6 is 0 Å². The summed E-state index contributed by atoms with van der Waals surface area (Å²) < 4.78 is 0. The number of rotatable bonds is 4. The van der Waals surface area contributed by atoms with Gasteiger partial charge >= 0.3 is 0 Å². The van der Waals surface area contributed by atoms with E-state index in [2.05, 4.69) is 16.0 Å². The molecule has 2 amide bonds. The highest BCUT2D eigenvalue weighted by Gasteiger charge is 2.21. The summed E-state index contributed by atoms with van der Waals surface area (Å²) in [6.07, 6.45) is 2.29. The van der Waals surface area contributed by atoms with Crippen molar-refractivity contribution in [3.05, 3.63) is 29.8 Å². The molecule has 1 atom stereocenters. The van der Waals surface area contributed by atoms with Gasteiger partial charge < -0.3 is 16.0 Å². The van der Waals surface area contributed by atoms with E-state index in [0.717, 1.165) is 30.6 Å². The molecule has 19 heavy (non-hydrogen) atoms. The van der Waals surface area contributed by atoms with Crippen molar-refractivity contribution in [2.45, 2.75) is 25.3 Å². The minimum atomic E-state index is -0.0782. The van der Waals surface area contributed by atoms with Crippen LogP contribution in [0.3, 0.4) is 0 Å². The first kappa shape index (κ1) is 13.5. The smallest absolute Gasteiger partial charge is 0.241 e. The van der Waals surface area contributed by atoms with Gasteiger partial charge in [0, 0.05) is 12.7 Å². The first-order valence-corrected chi connectivity index (χ1v) is 6.53. The van der Waals surface area contributed by atoms with Gasteiger partial charge in [-0.2, -0.15) is 0 Å². The van der Waals surface area contributed by atoms with Crippen LogP contribution < -0.4 is 16.0 Å². The molecule has 1 aliphatic rings. The number of hydrogen-bond acceptors (Lipinski definition) is 3. The van der Waals surface area contributed by atoms with E-state index in [1.165, 1.54) is 0 Å². The van der Waals surface area contributed by atoms with E-state index < -0.39 is 0 Å². The molecule has 1 heterocycles. The lowest BCUT2D eigenvalue weighted by Gasteiger charge is -2.11. The molecule has 1 aromatic carbocycles. The Morgan fingerprint density at radius 2 is 2.05 bits per heavy atom. The van der Waals surface area contributed by atoms with E-state index in [-0.39, 0.29) is 17.9 Å². The van der Waals surface area contributed by atoms with Gasteiger partial charge in [0.25, 0.3) is 0 Å². The van der Waals surface area contributed by atoms with Gasteiger partial charge in [-0.25, -0.2) is 0 Å². The lowest BCUT2D eigenvalue weighted by molar-refractivity contribution is -0.120. The van der Waals surface area contributed by atoms with Gasteiger partial charge in [0.15, 0.2) is 0 Å². The van der Waals surface area contributed by atoms with Gasteiger partial charge in [-0.15, -0.1) is 0 Å². The molecule has 0 unspecified atom stereocenters. The highest BCUT2D eigenvalue weighted by molar-refractivity contribution is 5.95. The van der Waals surface area contributed by atoms with Gasteiger partial charge in [0.1, 0.15) is 0 Å². The molecule has 1 saturated heterocycles. The van der Waals surface area contributed by atoms with Crippen molar-refractivity contribution in [3.63, 3.8) is 0 Å². The van der Waals surface area contributed by atoms with Crippen LogP contribution in [0.2, 0.25) is 0 Å². The lowest BCUT2D eigenvalue weighted by atomic mass is 10.1. The minimum absolute atomic E-state index is 0.0107. The highest BCUT2D eigenvalue weighted by atomic mass is 16.2. The fraction of sp³-hybridized carbons (Fsp3) is 0.429. The van der Waals surface area contributed by atoms with Crippen molar-refractivity contribution in [2.24, 2.45) is 0 Å². The number of amides is 2. The summed E-state index contributed by atoms with van der Waals surface area (Å²) in [7, 11) is 1.62. The van der Waals surface area contributed by atoms with Gasteiger partial charge in [-0.1, -0.05) is 12.1 Å². The number of anilines is 1. The normalized spacial score (nSPS) is 18.1. The van der Waals surface area contributed by atoms with Crippen LogP contribution in [0.5, 0.6) is 0 Å². The predicted molar refractivity (Wildman–Crippen MR) is 73.9 cm³/mol. The van der Waals surface area contributed by atoms with Crippen LogP contribution in [0.4, 0.5) is 5.69 Å². The third-order valence-corrected chi connectivity index (χ3v) is 3.24. The highest BCUT2D eigenvalue weighted by Crippen LogP contribution is 2.12. The van der Waals surface area contributed by atoms with Gasteiger partial charge in [0.2, 0.25) is 11.8 Å². The predicted octanol–water partition coefficient (Wildman–Crippen LogP) is 0.666. The molecule has 0 saturated carbocycles. The quantitative estimate of drug-likeness (QED) is 0.746. The molecule has 0 spiro atoms. The first-order chi connectivity index (χ1) is 9.19. The Morgan fingerprint density at radius 1 is 1.32 bits per heavy atom. The van der Waals surface area contributed by atoms with Crippen LogP contribution in [0.25, 0.3) is 0 Å². The standard InChI is InChI=1S/C14H19N3O2/c1-15-13(18)9-10-4-6-11(7-5-10)17-14(19)12-3-2-8-16-12/h4-7,12,16H,2-3,8-9H2,1H3,(H,15,18)(H,17,19)/t12-/m1/s1. The van der Waals surface area contributed by atoms with Gasteiger partial charge in [0.05, 0.1) is 12.5 Å². The number of hydrogen-bond donors (Lipinski definition) is 3. The lowest BCUT2D eigenvalue weighted by Crippen LogP contribution is -2.35. The van der Waals surface area contributed by atoms with Gasteiger partial charge in [-0.3, -0.25) is 9.59 Å². The molecule has 102 valence electrons. The summed E-state index contributed by atoms with van der Waals surface area (Å²) >= 11 is 0. The molecular weight excluding hydrogens is 242 g/mol. The zero-order valence-corrected chi connectivity index (χ0v) is 11.0. The summed E-state index contributed by atoms with van der Waals surface area (Å²) in [5.41, 5.74) is 1.69. The van der Waals surface area contributed by atoms with Crippen LogP contribution in [0.1, 0.15) is 18.4 Å². The van der Waals surface area contributed by atoms with E-state index in [4.69, 9.17) is 0 Å². The van der Waals surface area contributed by atoms with Crippen molar-refractivity contribution >= 4 is 17.5 Å². The van der Waals surface area contributed by atoms with E-state index in [9.17, 15) is 9.59 Å². The van der Waals surface area contributed by atoms with Crippen molar-refractivity contribution in [3.8, 4) is 0 Å². The van der Waals surface area contributed by atoms with Crippen LogP contribution in [-0.2, 0) is 16.0 Å². The van der Waals surface area contributed by atoms with Crippen molar-refractivity contribution < 1.29 is 9.59 Å². The second-order valence-electron chi connectivity index (χ2n) is 4.69. The largest absolute Gasteiger partial charge is 0.359 e. The van der Waals surface area contributed by atoms with E-state index in [1.807, 2.05) is 24.3 Å². The summed E-state index contributed by atoms with van der Waals surface area (Å²) in [6.45, 7) is 0.906. The fourth-order valence-corrected chi connectivity index (χ4v) is 2.12. The minimum Gasteiger partial charge on any atom is -0.359 e. The monoisotopic (exact) mass is 261 g/mol. The van der Waals surface area contributed by atoms with E-state index >= 15 is 0 Å². The molecule has 5 nitrogen and oxygen atoms in total. The molecule has 1 fully saturated rings. The number of benzene rings is 1. The second-order valence-corrected chi connectivity index (χ2v) is 4.69. The maximum absolute atomic E-state index is 11.9. The summed E-state index contributed by atoms with van der Waals surface area (Å²) in [4.78, 5) is 23.1. The number of carbonyl (C=O) groups is 2. The molecule has 0 aromatic heterocycles. The van der Waals surface area contributed by atoms with E-state index in [0.29, 0.717) is 6.42 Å². The molecule has 5 heteroatoms. The third kappa shape index (κ3) is 3.79. The van der Waals surface area contributed by atoms with Crippen molar-refractivity contribution in [1.82, 2.24) is 10.6 Å². The SMILES string of the molecule is CNC(=O)Cc1ccc(NC(=O)[C@H]2CCCN2)cc1. The average Bonchev–Trinajstić information content (AvgIpc) is 2.95. The summed E-state index contributed by atoms with van der Waals surface area (Å²) in [5.74, 6) is -0.0107. The fourth-order valence-electron chi connectivity index (χ4n) is 2.12. The molecule has 1 aliphatic heterocycles. The van der Waals surface area contributed by atoms with Crippen LogP contribution in [0.15, 0.2) is 24.3 Å². The number of likely N-dealkylation sites (N-methyl/N-ethyl adjacent to an activating group) is 1. The molecular formula is C14H19N3O2. The van der Waals surface area contributed by atoms with Crippen molar-refractivity contribution in [2.75, 3.05) is 18.9 Å². The Balaban J connectivity index is 1.91. The maximum atomic E-state index is 11.9. The average molecular weight is 261 g/mol. The topological polar surface area (TPSA) is 70.2 Å². The Bertz CT molecular complexity index is 450. The summed E-state index contributed by atoms with van der Waals surface area (Å²) in [5, 5.41) is 8.61. The van der Waals surface area contributed by atoms with Gasteiger partial charge in [-0.05, 0) is 37.1 Å². The molecule has 1 aromatic rings. The van der Waals surface area contributed by atoms with Crippen LogP contribution in [0, 0.1) is 0 Å². The zero-order chi connectivity index (χ0) is 13.7. The molecule has 2 rings (SSSR count). The number of carbonyl (C=O) groups excluding carboxylic acids is 2. The summed E-state index contributed by atoms with van der Waals surface area (Å²) in [6, 6.07) is 7.28. The molecule has 3 N–H and O–H groups in total. The Kier molecular flexibility index (Phi) is 4.52. The Labute approximate surface area is 112 Å². The number of nitrogens with one attached hydrogen (secondary N) is 3. The second kappa shape index (κ2) is 6.33. The molecule has 0 bridgehead atoms. The van der Waals surface area contributed by atoms with Crippen molar-refractivity contribution in [1.29, 1.82) is 0 Å². The van der Waals surface area contributed by atoms with Crippen LogP contribution in [-0.4, -0.2) is 31.4 Å².